The number of halogens is 2. The van der Waals surface area contributed by atoms with Crippen LogP contribution >= 0.6 is 0 Å². The van der Waals surface area contributed by atoms with E-state index in [2.05, 4.69) is 10.1 Å². The molecule has 25 heavy (non-hydrogen) atoms. The lowest BCUT2D eigenvalue weighted by Crippen LogP contribution is -2.21. The van der Waals surface area contributed by atoms with Crippen LogP contribution in [0.15, 0.2) is 48.5 Å². The van der Waals surface area contributed by atoms with Crippen LogP contribution in [0.2, 0.25) is 0 Å². The van der Waals surface area contributed by atoms with Crippen LogP contribution in [0.3, 0.4) is 0 Å². The molecular formula is C17H12F2N2O4. The van der Waals surface area contributed by atoms with E-state index in [1.54, 1.807) is 18.2 Å². The maximum atomic E-state index is 12.3. The van der Waals surface area contributed by atoms with Gasteiger partial charge in [0.05, 0.1) is 11.6 Å². The number of anilines is 1. The number of para-hydroxylation sites is 1. The molecule has 2 rings (SSSR count). The van der Waals surface area contributed by atoms with Gasteiger partial charge in [0.2, 0.25) is 0 Å². The van der Waals surface area contributed by atoms with Gasteiger partial charge in [-0.1, -0.05) is 18.2 Å². The predicted molar refractivity (Wildman–Crippen MR) is 83.1 cm³/mol. The quantitative estimate of drug-likeness (QED) is 0.813. The van der Waals surface area contributed by atoms with E-state index in [9.17, 15) is 18.4 Å². The smallest absolute Gasteiger partial charge is 0.387 e. The summed E-state index contributed by atoms with van der Waals surface area (Å²) >= 11 is 0. The molecule has 2 aromatic rings. The fraction of sp³-hybridized carbons (Fsp3) is 0.118. The highest BCUT2D eigenvalue weighted by atomic mass is 19.3. The summed E-state index contributed by atoms with van der Waals surface area (Å²) in [7, 11) is 0. The number of rotatable bonds is 6. The van der Waals surface area contributed by atoms with Crippen LogP contribution in [-0.4, -0.2) is 25.1 Å². The minimum absolute atomic E-state index is 0.220. The molecule has 0 fully saturated rings. The first-order valence-corrected chi connectivity index (χ1v) is 7.00. The second-order valence-corrected chi connectivity index (χ2v) is 4.69. The molecule has 0 radical (unpaired) electrons. The molecular weight excluding hydrogens is 334 g/mol. The van der Waals surface area contributed by atoms with E-state index in [1.807, 2.05) is 6.07 Å². The molecule has 0 aliphatic rings. The van der Waals surface area contributed by atoms with E-state index in [1.165, 1.54) is 30.3 Å². The molecule has 6 nitrogen and oxygen atoms in total. The molecule has 0 saturated heterocycles. The molecule has 0 atom stereocenters. The van der Waals surface area contributed by atoms with Crippen LogP contribution in [0.1, 0.15) is 15.9 Å². The molecule has 0 spiro atoms. The summed E-state index contributed by atoms with van der Waals surface area (Å²) in [5.74, 6) is -1.96. The van der Waals surface area contributed by atoms with Crippen molar-refractivity contribution in [1.82, 2.24) is 0 Å². The number of alkyl halides is 2. The number of carbonyl (C=O) groups is 2. The highest BCUT2D eigenvalue weighted by Crippen LogP contribution is 2.21. The van der Waals surface area contributed by atoms with Gasteiger partial charge >= 0.3 is 12.6 Å². The standard InChI is InChI=1S/C17H12F2N2O4/c18-17(19)25-14-7-2-1-6-13(14)16(23)24-10-15(22)21-12-5-3-4-11(8-12)9-20/h1-8,17H,10H2,(H,21,22). The third-order valence-electron chi connectivity index (χ3n) is 2.93. The third-order valence-corrected chi connectivity index (χ3v) is 2.93. The molecule has 0 bridgehead atoms. The Morgan fingerprint density at radius 2 is 1.92 bits per heavy atom. The van der Waals surface area contributed by atoms with E-state index < -0.39 is 25.1 Å². The van der Waals surface area contributed by atoms with Crippen molar-refractivity contribution in [2.45, 2.75) is 6.61 Å². The zero-order chi connectivity index (χ0) is 18.2. The van der Waals surface area contributed by atoms with Gasteiger partial charge in [0.25, 0.3) is 5.91 Å². The number of benzene rings is 2. The summed E-state index contributed by atoms with van der Waals surface area (Å²) in [4.78, 5) is 23.7. The summed E-state index contributed by atoms with van der Waals surface area (Å²) in [5, 5.41) is 11.2. The number of ether oxygens (including phenoxy) is 2. The van der Waals surface area contributed by atoms with Gasteiger partial charge < -0.3 is 14.8 Å². The summed E-state index contributed by atoms with van der Waals surface area (Å²) in [6.45, 7) is -3.72. The van der Waals surface area contributed by atoms with Crippen LogP contribution in [0, 0.1) is 11.3 Å². The third kappa shape index (κ3) is 5.28. The number of carbonyl (C=O) groups excluding carboxylic acids is 2. The first kappa shape index (κ1) is 17.9. The Bertz CT molecular complexity index is 818. The maximum Gasteiger partial charge on any atom is 0.387 e. The molecule has 1 amide bonds. The van der Waals surface area contributed by atoms with Crippen molar-refractivity contribution in [3.63, 3.8) is 0 Å². The first-order valence-electron chi connectivity index (χ1n) is 7.00. The van der Waals surface area contributed by atoms with E-state index in [4.69, 9.17) is 10.00 Å². The minimum Gasteiger partial charge on any atom is -0.452 e. The fourth-order valence-electron chi connectivity index (χ4n) is 1.91. The van der Waals surface area contributed by atoms with Gasteiger partial charge in [0.15, 0.2) is 6.61 Å². The number of esters is 1. The van der Waals surface area contributed by atoms with Crippen molar-refractivity contribution in [2.24, 2.45) is 0 Å². The molecule has 1 N–H and O–H groups in total. The maximum absolute atomic E-state index is 12.3. The van der Waals surface area contributed by atoms with Gasteiger partial charge in [-0.05, 0) is 30.3 Å². The summed E-state index contributed by atoms with van der Waals surface area (Å²) in [6, 6.07) is 13.4. The first-order chi connectivity index (χ1) is 12.0. The normalized spacial score (nSPS) is 10.0. The number of hydrogen-bond acceptors (Lipinski definition) is 5. The molecule has 0 aromatic heterocycles. The second-order valence-electron chi connectivity index (χ2n) is 4.69. The SMILES string of the molecule is N#Cc1cccc(NC(=O)COC(=O)c2ccccc2OC(F)F)c1. The topological polar surface area (TPSA) is 88.4 Å². The fourth-order valence-corrected chi connectivity index (χ4v) is 1.91. The van der Waals surface area contributed by atoms with Crippen molar-refractivity contribution in [2.75, 3.05) is 11.9 Å². The zero-order valence-electron chi connectivity index (χ0n) is 12.7. The van der Waals surface area contributed by atoms with Crippen molar-refractivity contribution < 1.29 is 27.8 Å². The molecule has 0 saturated carbocycles. The minimum atomic E-state index is -3.09. The monoisotopic (exact) mass is 346 g/mol. The number of hydrogen-bond donors (Lipinski definition) is 1. The molecule has 0 heterocycles. The zero-order valence-corrected chi connectivity index (χ0v) is 12.7. The van der Waals surface area contributed by atoms with Gasteiger partial charge in [-0.25, -0.2) is 4.79 Å². The molecule has 8 heteroatoms. The van der Waals surface area contributed by atoms with Crippen molar-refractivity contribution >= 4 is 17.6 Å². The molecule has 2 aromatic carbocycles. The van der Waals surface area contributed by atoms with Crippen LogP contribution in [0.5, 0.6) is 5.75 Å². The number of amides is 1. The van der Waals surface area contributed by atoms with Crippen molar-refractivity contribution in [3.05, 3.63) is 59.7 Å². The van der Waals surface area contributed by atoms with E-state index >= 15 is 0 Å². The Balaban J connectivity index is 1.95. The predicted octanol–water partition coefficient (Wildman–Crippen LogP) is 2.96. The summed E-state index contributed by atoms with van der Waals surface area (Å²) < 4.78 is 33.7. The highest BCUT2D eigenvalue weighted by Gasteiger charge is 2.17. The Morgan fingerprint density at radius 3 is 2.64 bits per heavy atom. The molecule has 0 unspecified atom stereocenters. The lowest BCUT2D eigenvalue weighted by atomic mass is 10.2. The molecule has 0 aliphatic heterocycles. The van der Waals surface area contributed by atoms with E-state index in [0.29, 0.717) is 11.3 Å². The summed E-state index contributed by atoms with van der Waals surface area (Å²) in [5.41, 5.74) is 0.497. The van der Waals surface area contributed by atoms with Gasteiger partial charge in [-0.3, -0.25) is 4.79 Å². The largest absolute Gasteiger partial charge is 0.452 e. The summed E-state index contributed by atoms with van der Waals surface area (Å²) in [6.07, 6.45) is 0. The second kappa shape index (κ2) is 8.40. The number of nitrogens with zero attached hydrogens (tertiary/aromatic N) is 1. The number of nitrogens with one attached hydrogen (secondary N) is 1. The number of nitriles is 1. The van der Waals surface area contributed by atoms with Gasteiger partial charge in [-0.2, -0.15) is 14.0 Å². The van der Waals surface area contributed by atoms with Crippen LogP contribution in [-0.2, 0) is 9.53 Å². The lowest BCUT2D eigenvalue weighted by molar-refractivity contribution is -0.119. The van der Waals surface area contributed by atoms with Crippen molar-refractivity contribution in [1.29, 1.82) is 5.26 Å². The highest BCUT2D eigenvalue weighted by molar-refractivity contribution is 5.96. The van der Waals surface area contributed by atoms with Crippen LogP contribution in [0.4, 0.5) is 14.5 Å². The Labute approximate surface area is 141 Å². The average Bonchev–Trinajstić information content (AvgIpc) is 2.60. The Kier molecular flexibility index (Phi) is 6.01. The van der Waals surface area contributed by atoms with Gasteiger partial charge in [-0.15, -0.1) is 0 Å². The van der Waals surface area contributed by atoms with Gasteiger partial charge in [0.1, 0.15) is 11.3 Å². The average molecular weight is 346 g/mol. The molecule has 128 valence electrons. The van der Waals surface area contributed by atoms with E-state index in [-0.39, 0.29) is 11.3 Å². The van der Waals surface area contributed by atoms with Crippen LogP contribution < -0.4 is 10.1 Å². The van der Waals surface area contributed by atoms with Crippen molar-refractivity contribution in [3.8, 4) is 11.8 Å². The Hall–Kier alpha value is -3.47. The van der Waals surface area contributed by atoms with Crippen LogP contribution in [0.25, 0.3) is 0 Å². The van der Waals surface area contributed by atoms with E-state index in [0.717, 1.165) is 0 Å². The van der Waals surface area contributed by atoms with Gasteiger partial charge in [0, 0.05) is 5.69 Å². The molecule has 0 aliphatic carbocycles. The Morgan fingerprint density at radius 1 is 1.16 bits per heavy atom. The lowest BCUT2D eigenvalue weighted by Gasteiger charge is -2.10.